The van der Waals surface area contributed by atoms with Gasteiger partial charge in [0, 0.05) is 17.2 Å². The molecule has 0 radical (unpaired) electrons. The van der Waals surface area contributed by atoms with Crippen molar-refractivity contribution in [2.45, 2.75) is 26.8 Å². The minimum absolute atomic E-state index is 0.0174. The topological polar surface area (TPSA) is 214 Å². The summed E-state index contributed by atoms with van der Waals surface area (Å²) in [4.78, 5) is 50.3. The number of aromatic nitrogens is 3. The quantitative estimate of drug-likeness (QED) is 0.173. The predicted molar refractivity (Wildman–Crippen MR) is 142 cm³/mol. The van der Waals surface area contributed by atoms with Gasteiger partial charge in [0.1, 0.15) is 5.69 Å². The van der Waals surface area contributed by atoms with Crippen molar-refractivity contribution in [3.05, 3.63) is 65.4 Å². The van der Waals surface area contributed by atoms with Crippen molar-refractivity contribution in [3.8, 4) is 17.0 Å². The molecule has 0 aliphatic rings. The number of nitrogens with zero attached hydrogens (tertiary/aromatic N) is 3. The number of nitrogen functional groups attached to an aromatic ring is 1. The van der Waals surface area contributed by atoms with Crippen molar-refractivity contribution in [1.29, 1.82) is 5.41 Å². The van der Waals surface area contributed by atoms with Gasteiger partial charge in [-0.2, -0.15) is 0 Å². The molecular weight excluding hydrogens is 506 g/mol. The van der Waals surface area contributed by atoms with Crippen LogP contribution >= 0.6 is 0 Å². The highest BCUT2D eigenvalue weighted by atomic mass is 16.5. The number of aliphatic hydroxyl groups is 1. The molecule has 2 aromatic heterocycles. The summed E-state index contributed by atoms with van der Waals surface area (Å²) in [5.74, 6) is -2.85. The third-order valence-corrected chi connectivity index (χ3v) is 5.78. The van der Waals surface area contributed by atoms with Crippen LogP contribution in [0.25, 0.3) is 11.1 Å². The highest BCUT2D eigenvalue weighted by molar-refractivity contribution is 6.09. The van der Waals surface area contributed by atoms with E-state index in [9.17, 15) is 24.6 Å². The minimum Gasteiger partial charge on any atom is -0.481 e. The zero-order chi connectivity index (χ0) is 28.9. The molecular formula is C26H29N7O6. The van der Waals surface area contributed by atoms with Crippen LogP contribution < -0.4 is 21.1 Å². The van der Waals surface area contributed by atoms with Crippen LogP contribution in [0.1, 0.15) is 57.8 Å². The smallest absolute Gasteiger partial charge is 0.336 e. The summed E-state index contributed by atoms with van der Waals surface area (Å²) in [5, 5.41) is 32.3. The third kappa shape index (κ3) is 6.70. The molecule has 0 saturated heterocycles. The Hall–Kier alpha value is -4.91. The Morgan fingerprint density at radius 2 is 1.72 bits per heavy atom. The lowest BCUT2D eigenvalue weighted by molar-refractivity contribution is 0.0697. The molecule has 1 unspecified atom stereocenters. The number of methoxy groups -OCH3 is 1. The molecule has 7 N–H and O–H groups in total. The van der Waals surface area contributed by atoms with Gasteiger partial charge in [-0.05, 0) is 29.2 Å². The molecule has 0 spiro atoms. The molecule has 1 atom stereocenters. The summed E-state index contributed by atoms with van der Waals surface area (Å²) < 4.78 is 5.15. The van der Waals surface area contributed by atoms with Gasteiger partial charge >= 0.3 is 5.97 Å². The SMILES string of the molecule is COc1ccc(-c2ccc(C(=O)NC(CO)C(C)(C)C)cc2C(=O)O)c(C(=O)Nc2cnc(C(=N)N)nc2)n1. The summed E-state index contributed by atoms with van der Waals surface area (Å²) in [6, 6.07) is 6.43. The second-order valence-electron chi connectivity index (χ2n) is 9.55. The first-order chi connectivity index (χ1) is 18.3. The lowest BCUT2D eigenvalue weighted by Gasteiger charge is -2.29. The van der Waals surface area contributed by atoms with Gasteiger partial charge in [0.25, 0.3) is 11.8 Å². The Morgan fingerprint density at radius 3 is 2.26 bits per heavy atom. The number of nitrogens with two attached hydrogens (primary N) is 1. The average Bonchev–Trinajstić information content (AvgIpc) is 2.90. The summed E-state index contributed by atoms with van der Waals surface area (Å²) in [7, 11) is 1.37. The standard InChI is InChI=1S/C26H29N7O6/c1-26(2,3)18(12-34)32-23(35)13-5-6-15(17(9-13)25(37)38)16-7-8-19(39-4)33-20(16)24(36)31-14-10-29-22(21(27)28)30-11-14/h5-11,18,34H,12H2,1-4H3,(H3,27,28)(H,31,36)(H,32,35)(H,37,38). The first kappa shape index (κ1) is 28.7. The number of hydrogen-bond acceptors (Lipinski definition) is 9. The fraction of sp³-hybridized carbons (Fsp3) is 0.269. The molecule has 1 aromatic carbocycles. The normalized spacial score (nSPS) is 11.8. The fourth-order valence-electron chi connectivity index (χ4n) is 3.54. The van der Waals surface area contributed by atoms with Crippen molar-refractivity contribution < 1.29 is 29.3 Å². The van der Waals surface area contributed by atoms with Gasteiger partial charge in [0.15, 0.2) is 11.7 Å². The molecule has 39 heavy (non-hydrogen) atoms. The van der Waals surface area contributed by atoms with E-state index in [2.05, 4.69) is 25.6 Å². The van der Waals surface area contributed by atoms with Gasteiger partial charge in [-0.15, -0.1) is 0 Å². The summed E-state index contributed by atoms with van der Waals surface area (Å²) in [5.41, 5.74) is 5.07. The first-order valence-corrected chi connectivity index (χ1v) is 11.7. The number of carboxylic acid groups (broad SMARTS) is 1. The molecule has 2 amide bonds. The van der Waals surface area contributed by atoms with Crippen LogP contribution in [0, 0.1) is 10.8 Å². The van der Waals surface area contributed by atoms with Crippen molar-refractivity contribution in [3.63, 3.8) is 0 Å². The van der Waals surface area contributed by atoms with E-state index in [1.807, 2.05) is 20.8 Å². The van der Waals surface area contributed by atoms with Gasteiger partial charge in [0.2, 0.25) is 5.88 Å². The lowest BCUT2D eigenvalue weighted by atomic mass is 9.87. The number of ether oxygens (including phenoxy) is 1. The van der Waals surface area contributed by atoms with Crippen LogP contribution in [0.3, 0.4) is 0 Å². The molecule has 2 heterocycles. The molecule has 0 bridgehead atoms. The van der Waals surface area contributed by atoms with E-state index in [0.29, 0.717) is 0 Å². The van der Waals surface area contributed by atoms with Gasteiger partial charge in [-0.3, -0.25) is 15.0 Å². The predicted octanol–water partition coefficient (Wildman–Crippen LogP) is 1.92. The van der Waals surface area contributed by atoms with Crippen LogP contribution in [-0.4, -0.2) is 68.5 Å². The zero-order valence-electron chi connectivity index (χ0n) is 21.8. The van der Waals surface area contributed by atoms with Crippen LogP contribution in [0.4, 0.5) is 5.69 Å². The molecule has 13 nitrogen and oxygen atoms in total. The number of amidine groups is 1. The fourth-order valence-corrected chi connectivity index (χ4v) is 3.54. The highest BCUT2D eigenvalue weighted by Gasteiger charge is 2.27. The second kappa shape index (κ2) is 11.6. The number of aromatic carboxylic acids is 1. The zero-order valence-corrected chi connectivity index (χ0v) is 21.8. The maximum absolute atomic E-state index is 13.2. The Balaban J connectivity index is 2.02. The summed E-state index contributed by atoms with van der Waals surface area (Å²) in [6.07, 6.45) is 2.52. The Morgan fingerprint density at radius 1 is 1.08 bits per heavy atom. The molecule has 13 heteroatoms. The number of nitrogens with one attached hydrogen (secondary N) is 3. The molecule has 204 valence electrons. The minimum atomic E-state index is -1.33. The number of anilines is 1. The molecule has 0 aliphatic carbocycles. The van der Waals surface area contributed by atoms with E-state index in [-0.39, 0.29) is 57.8 Å². The molecule has 3 rings (SSSR count). The maximum Gasteiger partial charge on any atom is 0.336 e. The van der Waals surface area contributed by atoms with Crippen molar-refractivity contribution in [1.82, 2.24) is 20.3 Å². The average molecular weight is 536 g/mol. The number of amides is 2. The van der Waals surface area contributed by atoms with E-state index in [0.717, 1.165) is 0 Å². The number of aliphatic hydroxyl groups excluding tert-OH is 1. The van der Waals surface area contributed by atoms with Gasteiger partial charge in [-0.1, -0.05) is 26.8 Å². The number of carbonyl (C=O) groups is 3. The molecule has 0 aliphatic heterocycles. The van der Waals surface area contributed by atoms with Crippen molar-refractivity contribution >= 4 is 29.3 Å². The Kier molecular flexibility index (Phi) is 8.56. The second-order valence-corrected chi connectivity index (χ2v) is 9.55. The molecule has 0 fully saturated rings. The Labute approximate surface area is 224 Å². The largest absolute Gasteiger partial charge is 0.481 e. The Bertz CT molecular complexity index is 1420. The molecule has 0 saturated carbocycles. The number of hydrogen-bond donors (Lipinski definition) is 6. The van der Waals surface area contributed by atoms with Crippen LogP contribution in [0.15, 0.2) is 42.7 Å². The van der Waals surface area contributed by atoms with E-state index >= 15 is 0 Å². The van der Waals surface area contributed by atoms with Gasteiger partial charge in [0.05, 0.1) is 43.4 Å². The van der Waals surface area contributed by atoms with E-state index in [1.54, 1.807) is 0 Å². The van der Waals surface area contributed by atoms with Gasteiger partial charge in [-0.25, -0.2) is 19.7 Å². The highest BCUT2D eigenvalue weighted by Crippen LogP contribution is 2.30. The number of pyridine rings is 1. The number of carboxylic acids is 1. The molecule has 3 aromatic rings. The van der Waals surface area contributed by atoms with E-state index < -0.39 is 29.2 Å². The van der Waals surface area contributed by atoms with E-state index in [1.165, 1.54) is 49.8 Å². The van der Waals surface area contributed by atoms with Crippen molar-refractivity contribution in [2.24, 2.45) is 11.1 Å². The summed E-state index contributed by atoms with van der Waals surface area (Å²) >= 11 is 0. The third-order valence-electron chi connectivity index (χ3n) is 5.78. The maximum atomic E-state index is 13.2. The number of carbonyl (C=O) groups excluding carboxylic acids is 2. The summed E-state index contributed by atoms with van der Waals surface area (Å²) in [6.45, 7) is 5.27. The van der Waals surface area contributed by atoms with Crippen LogP contribution in [0.5, 0.6) is 5.88 Å². The van der Waals surface area contributed by atoms with Crippen LogP contribution in [0.2, 0.25) is 0 Å². The van der Waals surface area contributed by atoms with Crippen molar-refractivity contribution in [2.75, 3.05) is 19.0 Å². The van der Waals surface area contributed by atoms with E-state index in [4.69, 9.17) is 15.9 Å². The van der Waals surface area contributed by atoms with Gasteiger partial charge < -0.3 is 31.3 Å². The van der Waals surface area contributed by atoms with Crippen LogP contribution in [-0.2, 0) is 0 Å². The lowest BCUT2D eigenvalue weighted by Crippen LogP contribution is -2.46. The monoisotopic (exact) mass is 535 g/mol. The number of benzene rings is 1. The first-order valence-electron chi connectivity index (χ1n) is 11.7. The number of rotatable bonds is 9.